The number of hydrogen-bond acceptors (Lipinski definition) is 0. The maximum atomic E-state index is 14.6. The summed E-state index contributed by atoms with van der Waals surface area (Å²) in [5.41, 5.74) is 6.07. The Bertz CT molecular complexity index is 798. The Hall–Kier alpha value is -2.41. The van der Waals surface area contributed by atoms with Crippen LogP contribution in [0.5, 0.6) is 0 Å². The lowest BCUT2D eigenvalue weighted by Gasteiger charge is -2.08. The number of hydrogen-bond donors (Lipinski definition) is 0. The van der Waals surface area contributed by atoms with Gasteiger partial charge < -0.3 is 0 Å². The molecule has 3 aromatic carbocycles. The number of benzene rings is 3. The number of halogens is 1. The first kappa shape index (κ1) is 16.4. The van der Waals surface area contributed by atoms with Gasteiger partial charge in [0.1, 0.15) is 5.82 Å². The standard InChI is InChI=1S/C23H23F/c1-3-4-5-18-8-12-20(13-9-18)22-15-14-21(16-23(22)24)19-10-6-17(2)7-11-19/h6-16H,3-5H2,1-2H3. The lowest BCUT2D eigenvalue weighted by molar-refractivity contribution is 0.632. The van der Waals surface area contributed by atoms with Gasteiger partial charge in [0.05, 0.1) is 0 Å². The maximum Gasteiger partial charge on any atom is 0.131 e. The van der Waals surface area contributed by atoms with Crippen molar-refractivity contribution >= 4 is 0 Å². The third-order valence-electron chi connectivity index (χ3n) is 4.44. The largest absolute Gasteiger partial charge is 0.206 e. The Morgan fingerprint density at radius 2 is 1.38 bits per heavy atom. The van der Waals surface area contributed by atoms with Crippen LogP contribution in [-0.4, -0.2) is 0 Å². The van der Waals surface area contributed by atoms with Crippen LogP contribution in [-0.2, 0) is 6.42 Å². The second kappa shape index (κ2) is 7.44. The van der Waals surface area contributed by atoms with Crippen LogP contribution in [0.1, 0.15) is 30.9 Å². The van der Waals surface area contributed by atoms with E-state index in [4.69, 9.17) is 0 Å². The molecule has 0 bridgehead atoms. The van der Waals surface area contributed by atoms with Crippen molar-refractivity contribution < 1.29 is 4.39 Å². The topological polar surface area (TPSA) is 0 Å². The van der Waals surface area contributed by atoms with E-state index in [-0.39, 0.29) is 5.82 Å². The first-order chi connectivity index (χ1) is 11.7. The van der Waals surface area contributed by atoms with E-state index in [1.165, 1.54) is 24.0 Å². The van der Waals surface area contributed by atoms with E-state index in [9.17, 15) is 4.39 Å². The van der Waals surface area contributed by atoms with Crippen LogP contribution < -0.4 is 0 Å². The minimum atomic E-state index is -0.172. The molecule has 0 saturated carbocycles. The molecule has 0 N–H and O–H groups in total. The molecule has 0 heterocycles. The van der Waals surface area contributed by atoms with Crippen LogP contribution in [0.2, 0.25) is 0 Å². The molecule has 0 aromatic heterocycles. The van der Waals surface area contributed by atoms with Crippen molar-refractivity contribution in [3.63, 3.8) is 0 Å². The zero-order chi connectivity index (χ0) is 16.9. The lowest BCUT2D eigenvalue weighted by Crippen LogP contribution is -1.89. The molecule has 0 atom stereocenters. The number of aryl methyl sites for hydroxylation is 2. The predicted molar refractivity (Wildman–Crippen MR) is 101 cm³/mol. The SMILES string of the molecule is CCCCc1ccc(-c2ccc(-c3ccc(C)cc3)cc2F)cc1. The molecule has 0 radical (unpaired) electrons. The van der Waals surface area contributed by atoms with E-state index in [1.807, 2.05) is 36.4 Å². The predicted octanol–water partition coefficient (Wildman–Crippen LogP) is 6.81. The van der Waals surface area contributed by atoms with Crippen molar-refractivity contribution in [1.29, 1.82) is 0 Å². The smallest absolute Gasteiger partial charge is 0.131 e. The van der Waals surface area contributed by atoms with Crippen LogP contribution >= 0.6 is 0 Å². The van der Waals surface area contributed by atoms with Gasteiger partial charge in [0.25, 0.3) is 0 Å². The van der Waals surface area contributed by atoms with Crippen LogP contribution in [0.4, 0.5) is 4.39 Å². The van der Waals surface area contributed by atoms with Gasteiger partial charge in [-0.2, -0.15) is 0 Å². The molecule has 122 valence electrons. The van der Waals surface area contributed by atoms with Crippen LogP contribution in [0.25, 0.3) is 22.3 Å². The fourth-order valence-corrected chi connectivity index (χ4v) is 2.91. The summed E-state index contributed by atoms with van der Waals surface area (Å²) < 4.78 is 14.6. The van der Waals surface area contributed by atoms with Gasteiger partial charge in [-0.05, 0) is 48.1 Å². The van der Waals surface area contributed by atoms with Gasteiger partial charge in [0.15, 0.2) is 0 Å². The first-order valence-electron chi connectivity index (χ1n) is 8.63. The summed E-state index contributed by atoms with van der Waals surface area (Å²) in [5, 5.41) is 0. The Kier molecular flexibility index (Phi) is 5.10. The second-order valence-corrected chi connectivity index (χ2v) is 6.36. The zero-order valence-electron chi connectivity index (χ0n) is 14.4. The average Bonchev–Trinajstić information content (AvgIpc) is 2.61. The highest BCUT2D eigenvalue weighted by molar-refractivity contribution is 5.71. The Labute approximate surface area is 144 Å². The molecule has 0 aliphatic carbocycles. The minimum absolute atomic E-state index is 0.172. The van der Waals surface area contributed by atoms with E-state index in [0.717, 1.165) is 23.1 Å². The van der Waals surface area contributed by atoms with E-state index in [2.05, 4.69) is 38.1 Å². The Morgan fingerprint density at radius 1 is 0.750 bits per heavy atom. The maximum absolute atomic E-state index is 14.6. The molecule has 3 rings (SSSR count). The summed E-state index contributed by atoms with van der Waals surface area (Å²) >= 11 is 0. The summed E-state index contributed by atoms with van der Waals surface area (Å²) in [6, 6.07) is 21.9. The zero-order valence-corrected chi connectivity index (χ0v) is 14.4. The van der Waals surface area contributed by atoms with E-state index in [1.54, 1.807) is 6.07 Å². The molecule has 0 saturated heterocycles. The summed E-state index contributed by atoms with van der Waals surface area (Å²) in [7, 11) is 0. The monoisotopic (exact) mass is 318 g/mol. The molecule has 0 aliphatic heterocycles. The average molecular weight is 318 g/mol. The van der Waals surface area contributed by atoms with Crippen LogP contribution in [0.15, 0.2) is 66.7 Å². The molecule has 0 fully saturated rings. The van der Waals surface area contributed by atoms with Gasteiger partial charge in [-0.3, -0.25) is 0 Å². The van der Waals surface area contributed by atoms with Crippen molar-refractivity contribution in [2.24, 2.45) is 0 Å². The highest BCUT2D eigenvalue weighted by Gasteiger charge is 2.07. The van der Waals surface area contributed by atoms with E-state index < -0.39 is 0 Å². The fourth-order valence-electron chi connectivity index (χ4n) is 2.91. The van der Waals surface area contributed by atoms with Gasteiger partial charge in [-0.15, -0.1) is 0 Å². The molecule has 0 amide bonds. The van der Waals surface area contributed by atoms with Crippen molar-refractivity contribution in [1.82, 2.24) is 0 Å². The quantitative estimate of drug-likeness (QED) is 0.484. The van der Waals surface area contributed by atoms with E-state index >= 15 is 0 Å². The van der Waals surface area contributed by atoms with Gasteiger partial charge in [0, 0.05) is 5.56 Å². The molecule has 0 nitrogen and oxygen atoms in total. The van der Waals surface area contributed by atoms with Crippen molar-refractivity contribution in [2.75, 3.05) is 0 Å². The van der Waals surface area contributed by atoms with Crippen molar-refractivity contribution in [3.05, 3.63) is 83.7 Å². The Balaban J connectivity index is 1.85. The molecule has 1 heteroatoms. The lowest BCUT2D eigenvalue weighted by atomic mass is 9.98. The number of rotatable bonds is 5. The summed E-state index contributed by atoms with van der Waals surface area (Å²) in [6.07, 6.45) is 3.47. The summed E-state index contributed by atoms with van der Waals surface area (Å²) in [4.78, 5) is 0. The summed E-state index contributed by atoms with van der Waals surface area (Å²) in [6.45, 7) is 4.25. The van der Waals surface area contributed by atoms with Gasteiger partial charge >= 0.3 is 0 Å². The highest BCUT2D eigenvalue weighted by atomic mass is 19.1. The van der Waals surface area contributed by atoms with Crippen LogP contribution in [0, 0.1) is 12.7 Å². The Morgan fingerprint density at radius 3 is 2.00 bits per heavy atom. The van der Waals surface area contributed by atoms with Gasteiger partial charge in [-0.25, -0.2) is 4.39 Å². The molecule has 0 spiro atoms. The van der Waals surface area contributed by atoms with Crippen LogP contribution in [0.3, 0.4) is 0 Å². The molecule has 3 aromatic rings. The third-order valence-corrected chi connectivity index (χ3v) is 4.44. The molecule has 24 heavy (non-hydrogen) atoms. The van der Waals surface area contributed by atoms with Crippen molar-refractivity contribution in [3.8, 4) is 22.3 Å². The van der Waals surface area contributed by atoms with E-state index in [0.29, 0.717) is 5.56 Å². The van der Waals surface area contributed by atoms with Crippen molar-refractivity contribution in [2.45, 2.75) is 33.1 Å². The number of unbranched alkanes of at least 4 members (excludes halogenated alkanes) is 1. The normalized spacial score (nSPS) is 10.8. The molecular weight excluding hydrogens is 295 g/mol. The first-order valence-corrected chi connectivity index (χ1v) is 8.63. The molecule has 0 aliphatic rings. The second-order valence-electron chi connectivity index (χ2n) is 6.36. The summed E-state index contributed by atoms with van der Waals surface area (Å²) in [5.74, 6) is -0.172. The fraction of sp³-hybridized carbons (Fsp3) is 0.217. The molecular formula is C23H23F. The van der Waals surface area contributed by atoms with Gasteiger partial charge in [-0.1, -0.05) is 79.6 Å². The highest BCUT2D eigenvalue weighted by Crippen LogP contribution is 2.28. The minimum Gasteiger partial charge on any atom is -0.206 e. The van der Waals surface area contributed by atoms with Gasteiger partial charge in [0.2, 0.25) is 0 Å². The molecule has 0 unspecified atom stereocenters. The third kappa shape index (κ3) is 3.73.